The van der Waals surface area contributed by atoms with E-state index in [0.29, 0.717) is 11.4 Å². The summed E-state index contributed by atoms with van der Waals surface area (Å²) in [4.78, 5) is 35.3. The Morgan fingerprint density at radius 2 is 2.00 bits per heavy atom. The van der Waals surface area contributed by atoms with Gasteiger partial charge in [0, 0.05) is 6.20 Å². The summed E-state index contributed by atoms with van der Waals surface area (Å²) in [5.41, 5.74) is 1.49. The number of rotatable bonds is 3. The number of nitrogens with zero attached hydrogens (tertiary/aromatic N) is 5. The Bertz CT molecular complexity index is 1760. The Morgan fingerprint density at radius 1 is 1.18 bits per heavy atom. The number of nitriles is 1. The largest absolute Gasteiger partial charge is 0.467 e. The summed E-state index contributed by atoms with van der Waals surface area (Å²) in [6, 6.07) is 17.1. The van der Waals surface area contributed by atoms with Gasteiger partial charge in [-0.25, -0.2) is 4.98 Å². The van der Waals surface area contributed by atoms with Crippen molar-refractivity contribution in [2.45, 2.75) is 13.5 Å². The number of pyridine rings is 2. The van der Waals surface area contributed by atoms with Gasteiger partial charge in [-0.15, -0.1) is 0 Å². The molecule has 0 N–H and O–H groups in total. The SMILES string of the molecule is Cc1cccn2c(=O)c3cc(C#N)c(=NC(=O)c4ccccc4Cl)n(Cc4ccco4)c3nc12. The van der Waals surface area contributed by atoms with Gasteiger partial charge in [-0.05, 0) is 48.9 Å². The molecular weight excluding hydrogens is 454 g/mol. The Balaban J connectivity index is 1.91. The third kappa shape index (κ3) is 3.58. The highest BCUT2D eigenvalue weighted by molar-refractivity contribution is 6.33. The lowest BCUT2D eigenvalue weighted by Crippen LogP contribution is -2.30. The number of carbonyl (C=O) groups is 1. The molecule has 1 aromatic carbocycles. The highest BCUT2D eigenvalue weighted by atomic mass is 35.5. The van der Waals surface area contributed by atoms with E-state index < -0.39 is 5.91 Å². The molecule has 0 aliphatic rings. The monoisotopic (exact) mass is 469 g/mol. The lowest BCUT2D eigenvalue weighted by molar-refractivity contribution is 0.0997. The van der Waals surface area contributed by atoms with Crippen molar-refractivity contribution in [3.63, 3.8) is 0 Å². The summed E-state index contributed by atoms with van der Waals surface area (Å²) in [6.07, 6.45) is 3.14. The Kier molecular flexibility index (Phi) is 5.32. The number of furan rings is 1. The van der Waals surface area contributed by atoms with Crippen LogP contribution in [0.3, 0.4) is 0 Å². The number of aryl methyl sites for hydroxylation is 1. The van der Waals surface area contributed by atoms with Crippen LogP contribution >= 0.6 is 11.6 Å². The summed E-state index contributed by atoms with van der Waals surface area (Å²) in [6.45, 7) is 1.95. The van der Waals surface area contributed by atoms with Crippen LogP contribution in [-0.2, 0) is 6.54 Å². The van der Waals surface area contributed by atoms with E-state index in [1.807, 2.05) is 13.0 Å². The lowest BCUT2D eigenvalue weighted by Gasteiger charge is -2.13. The molecular formula is C25H16ClN5O3. The average Bonchev–Trinajstić information content (AvgIpc) is 3.35. The molecule has 0 atom stereocenters. The first-order valence-electron chi connectivity index (χ1n) is 10.3. The molecule has 0 spiro atoms. The zero-order valence-electron chi connectivity index (χ0n) is 17.9. The summed E-state index contributed by atoms with van der Waals surface area (Å²) >= 11 is 6.19. The van der Waals surface area contributed by atoms with Gasteiger partial charge in [0.2, 0.25) is 0 Å². The van der Waals surface area contributed by atoms with E-state index in [2.05, 4.69) is 11.1 Å². The molecule has 0 saturated carbocycles. The van der Waals surface area contributed by atoms with Crippen molar-refractivity contribution < 1.29 is 9.21 Å². The van der Waals surface area contributed by atoms with Crippen LogP contribution in [0.15, 0.2) is 81.3 Å². The van der Waals surface area contributed by atoms with Crippen molar-refractivity contribution in [1.82, 2.24) is 14.0 Å². The molecule has 5 aromatic rings. The average molecular weight is 470 g/mol. The van der Waals surface area contributed by atoms with Crippen LogP contribution in [0, 0.1) is 18.3 Å². The second-order valence-electron chi connectivity index (χ2n) is 7.59. The molecule has 1 amide bonds. The van der Waals surface area contributed by atoms with Crippen molar-refractivity contribution in [2.24, 2.45) is 4.99 Å². The molecule has 4 aromatic heterocycles. The van der Waals surface area contributed by atoms with E-state index >= 15 is 0 Å². The van der Waals surface area contributed by atoms with Crippen LogP contribution in [0.4, 0.5) is 0 Å². The number of hydrogen-bond donors (Lipinski definition) is 0. The molecule has 34 heavy (non-hydrogen) atoms. The number of hydrogen-bond acceptors (Lipinski definition) is 5. The third-order valence-corrected chi connectivity index (χ3v) is 5.76. The van der Waals surface area contributed by atoms with Gasteiger partial charge in [0.1, 0.15) is 23.1 Å². The van der Waals surface area contributed by atoms with Crippen LogP contribution in [-0.4, -0.2) is 19.9 Å². The summed E-state index contributed by atoms with van der Waals surface area (Å²) in [5.74, 6) is -0.0850. The number of halogens is 1. The molecule has 166 valence electrons. The first-order chi connectivity index (χ1) is 16.5. The fraction of sp³-hybridized carbons (Fsp3) is 0.0800. The van der Waals surface area contributed by atoms with Crippen molar-refractivity contribution in [3.05, 3.63) is 110 Å². The first-order valence-corrected chi connectivity index (χ1v) is 10.7. The predicted octanol–water partition coefficient (Wildman–Crippen LogP) is 3.87. The van der Waals surface area contributed by atoms with Crippen LogP contribution in [0.1, 0.15) is 27.2 Å². The van der Waals surface area contributed by atoms with Crippen molar-refractivity contribution >= 4 is 34.2 Å². The number of benzene rings is 1. The Morgan fingerprint density at radius 3 is 2.74 bits per heavy atom. The molecule has 4 heterocycles. The molecule has 0 aliphatic heterocycles. The number of fused-ring (bicyclic) bond motifs is 2. The van der Waals surface area contributed by atoms with E-state index in [4.69, 9.17) is 21.0 Å². The molecule has 5 rings (SSSR count). The van der Waals surface area contributed by atoms with Gasteiger partial charge in [0.25, 0.3) is 11.5 Å². The van der Waals surface area contributed by atoms with E-state index in [-0.39, 0.29) is 44.8 Å². The second-order valence-corrected chi connectivity index (χ2v) is 8.00. The molecule has 9 heteroatoms. The summed E-state index contributed by atoms with van der Waals surface area (Å²) in [5, 5.41) is 10.4. The zero-order valence-corrected chi connectivity index (χ0v) is 18.7. The summed E-state index contributed by atoms with van der Waals surface area (Å²) < 4.78 is 8.49. The molecule has 0 radical (unpaired) electrons. The standard InChI is InChI=1S/C25H16ClN5O3/c1-15-6-4-10-30-21(15)28-23-19(25(30)33)12-16(13-27)22(31(23)14-17-7-5-11-34-17)29-24(32)18-8-2-3-9-20(18)26/h2-12H,14H2,1H3. The number of carbonyl (C=O) groups excluding carboxylic acids is 1. The number of aromatic nitrogens is 3. The van der Waals surface area contributed by atoms with Gasteiger partial charge in [-0.1, -0.05) is 29.8 Å². The fourth-order valence-electron chi connectivity index (χ4n) is 3.79. The van der Waals surface area contributed by atoms with Gasteiger partial charge < -0.3 is 8.98 Å². The predicted molar refractivity (Wildman–Crippen MR) is 126 cm³/mol. The second kappa shape index (κ2) is 8.46. The fourth-order valence-corrected chi connectivity index (χ4v) is 4.01. The minimum Gasteiger partial charge on any atom is -0.467 e. The topological polar surface area (TPSA) is 106 Å². The zero-order chi connectivity index (χ0) is 23.8. The Labute approximate surface area is 197 Å². The van der Waals surface area contributed by atoms with E-state index in [1.165, 1.54) is 16.7 Å². The Hall–Kier alpha value is -4.48. The normalized spacial score (nSPS) is 11.7. The maximum Gasteiger partial charge on any atom is 0.280 e. The molecule has 0 bridgehead atoms. The molecule has 0 aliphatic carbocycles. The minimum absolute atomic E-state index is 0.0472. The van der Waals surface area contributed by atoms with Gasteiger partial charge in [0.05, 0.1) is 34.3 Å². The van der Waals surface area contributed by atoms with E-state index in [9.17, 15) is 14.9 Å². The molecule has 0 unspecified atom stereocenters. The molecule has 0 fully saturated rings. The third-order valence-electron chi connectivity index (χ3n) is 5.43. The van der Waals surface area contributed by atoms with Gasteiger partial charge in [-0.3, -0.25) is 14.0 Å². The van der Waals surface area contributed by atoms with Crippen molar-refractivity contribution in [3.8, 4) is 6.07 Å². The van der Waals surface area contributed by atoms with E-state index in [1.54, 1.807) is 53.2 Å². The summed E-state index contributed by atoms with van der Waals surface area (Å²) in [7, 11) is 0. The highest BCUT2D eigenvalue weighted by Gasteiger charge is 2.17. The van der Waals surface area contributed by atoms with Gasteiger partial charge in [-0.2, -0.15) is 10.3 Å². The minimum atomic E-state index is -0.622. The first kappa shape index (κ1) is 21.4. The van der Waals surface area contributed by atoms with Crippen LogP contribution in [0.25, 0.3) is 16.7 Å². The van der Waals surface area contributed by atoms with Crippen LogP contribution in [0.5, 0.6) is 0 Å². The smallest absolute Gasteiger partial charge is 0.280 e. The maximum absolute atomic E-state index is 13.3. The molecule has 0 saturated heterocycles. The molecule has 8 nitrogen and oxygen atoms in total. The van der Waals surface area contributed by atoms with Crippen LogP contribution < -0.4 is 11.0 Å². The maximum atomic E-state index is 13.3. The van der Waals surface area contributed by atoms with E-state index in [0.717, 1.165) is 5.56 Å². The highest BCUT2D eigenvalue weighted by Crippen LogP contribution is 2.17. The van der Waals surface area contributed by atoms with Crippen LogP contribution in [0.2, 0.25) is 5.02 Å². The quantitative estimate of drug-likeness (QED) is 0.373. The lowest BCUT2D eigenvalue weighted by atomic mass is 10.2. The van der Waals surface area contributed by atoms with Gasteiger partial charge in [0.15, 0.2) is 5.49 Å². The van der Waals surface area contributed by atoms with Crippen molar-refractivity contribution in [2.75, 3.05) is 0 Å². The van der Waals surface area contributed by atoms with Crippen molar-refractivity contribution in [1.29, 1.82) is 5.26 Å². The number of amides is 1. The van der Waals surface area contributed by atoms with Gasteiger partial charge >= 0.3 is 0 Å².